The highest BCUT2D eigenvalue weighted by Crippen LogP contribution is 2.24. The van der Waals surface area contributed by atoms with Gasteiger partial charge in [-0.1, -0.05) is 0 Å². The summed E-state index contributed by atoms with van der Waals surface area (Å²) in [6.45, 7) is -4.56. The van der Waals surface area contributed by atoms with Crippen molar-refractivity contribution in [3.63, 3.8) is 0 Å². The number of hydrogen-bond donors (Lipinski definition) is 0. The maximum absolute atomic E-state index is 11.7. The second kappa shape index (κ2) is 4.34. The van der Waals surface area contributed by atoms with Crippen LogP contribution in [0.4, 0.5) is 26.3 Å². The molecule has 0 aromatic carbocycles. The first-order valence-corrected chi connectivity index (χ1v) is 5.41. The molecule has 0 saturated heterocycles. The standard InChI is InChI=1S/C4H4ClF6NO2S/c5-15(13,14)12(1-3(6,7)8)2-4(9,10)11/h1-2H2. The van der Waals surface area contributed by atoms with Gasteiger partial charge < -0.3 is 0 Å². The van der Waals surface area contributed by atoms with E-state index in [0.29, 0.717) is 0 Å². The number of rotatable bonds is 3. The fourth-order valence-corrected chi connectivity index (χ4v) is 1.50. The molecular formula is C4H4ClF6NO2S. The van der Waals surface area contributed by atoms with Gasteiger partial charge in [-0.15, -0.1) is 0 Å². The Morgan fingerprint density at radius 3 is 1.33 bits per heavy atom. The molecule has 0 saturated carbocycles. The van der Waals surface area contributed by atoms with E-state index in [0.717, 1.165) is 0 Å². The number of alkyl halides is 6. The van der Waals surface area contributed by atoms with Crippen LogP contribution in [-0.2, 0) is 9.24 Å². The Morgan fingerprint density at radius 2 is 1.20 bits per heavy atom. The highest BCUT2D eigenvalue weighted by Gasteiger charge is 2.42. The zero-order chi connectivity index (χ0) is 12.5. The van der Waals surface area contributed by atoms with Crippen LogP contribution < -0.4 is 0 Å². The third-order valence-corrected chi connectivity index (χ3v) is 2.48. The highest BCUT2D eigenvalue weighted by atomic mass is 35.7. The summed E-state index contributed by atoms with van der Waals surface area (Å²) in [5.74, 6) is 0. The van der Waals surface area contributed by atoms with Gasteiger partial charge in [0.05, 0.1) is 0 Å². The summed E-state index contributed by atoms with van der Waals surface area (Å²) in [7, 11) is -0.656. The number of nitrogens with zero attached hydrogens (tertiary/aromatic N) is 1. The Balaban J connectivity index is 4.79. The first-order valence-electron chi connectivity index (χ1n) is 3.14. The Morgan fingerprint density at radius 1 is 0.933 bits per heavy atom. The maximum atomic E-state index is 11.7. The Hall–Kier alpha value is -0.220. The molecule has 0 rings (SSSR count). The van der Waals surface area contributed by atoms with Crippen LogP contribution in [0.25, 0.3) is 0 Å². The van der Waals surface area contributed by atoms with Crippen LogP contribution in [-0.4, -0.2) is 38.2 Å². The van der Waals surface area contributed by atoms with Crippen molar-refractivity contribution in [3.05, 3.63) is 0 Å². The van der Waals surface area contributed by atoms with Crippen LogP contribution in [0, 0.1) is 0 Å². The summed E-state index contributed by atoms with van der Waals surface area (Å²) in [4.78, 5) is 0. The first-order chi connectivity index (χ1) is 6.31. The van der Waals surface area contributed by atoms with Crippen molar-refractivity contribution in [2.45, 2.75) is 12.4 Å². The quantitative estimate of drug-likeness (QED) is 0.584. The van der Waals surface area contributed by atoms with Gasteiger partial charge in [0.25, 0.3) is 9.24 Å². The molecule has 0 amide bonds. The first kappa shape index (κ1) is 14.8. The number of hydrogen-bond acceptors (Lipinski definition) is 2. The largest absolute Gasteiger partial charge is 0.402 e. The summed E-state index contributed by atoms with van der Waals surface area (Å²) in [6, 6.07) is 0. The summed E-state index contributed by atoms with van der Waals surface area (Å²) >= 11 is 0. The van der Waals surface area contributed by atoms with Crippen LogP contribution in [0.2, 0.25) is 0 Å². The Labute approximate surface area is 85.2 Å². The normalized spacial score (nSPS) is 14.7. The van der Waals surface area contributed by atoms with E-state index in [9.17, 15) is 34.8 Å². The van der Waals surface area contributed by atoms with Crippen molar-refractivity contribution in [1.29, 1.82) is 0 Å². The molecule has 11 heteroatoms. The molecule has 0 aromatic heterocycles. The van der Waals surface area contributed by atoms with Crippen molar-refractivity contribution < 1.29 is 34.8 Å². The van der Waals surface area contributed by atoms with E-state index in [4.69, 9.17) is 0 Å². The molecule has 0 N–H and O–H groups in total. The smallest absolute Gasteiger partial charge is 0.195 e. The van der Waals surface area contributed by atoms with Gasteiger partial charge in [-0.2, -0.15) is 39.1 Å². The molecule has 0 fully saturated rings. The third kappa shape index (κ3) is 7.68. The molecule has 0 unspecified atom stereocenters. The molecule has 3 nitrogen and oxygen atoms in total. The molecule has 15 heavy (non-hydrogen) atoms. The minimum Gasteiger partial charge on any atom is -0.195 e. The predicted octanol–water partition coefficient (Wildman–Crippen LogP) is 1.90. The molecule has 92 valence electrons. The molecule has 0 bridgehead atoms. The van der Waals surface area contributed by atoms with E-state index in [-0.39, 0.29) is 0 Å². The van der Waals surface area contributed by atoms with Crippen LogP contribution >= 0.6 is 10.7 Å². The molecule has 0 aliphatic rings. The Kier molecular flexibility index (Phi) is 4.27. The molecule has 0 heterocycles. The van der Waals surface area contributed by atoms with Crippen LogP contribution in [0.3, 0.4) is 0 Å². The third-order valence-electron chi connectivity index (χ3n) is 1.02. The molecule has 0 aliphatic carbocycles. The topological polar surface area (TPSA) is 37.4 Å². The van der Waals surface area contributed by atoms with E-state index in [1.54, 1.807) is 0 Å². The molecule has 0 aromatic rings. The van der Waals surface area contributed by atoms with Gasteiger partial charge in [0.1, 0.15) is 13.1 Å². The van der Waals surface area contributed by atoms with E-state index < -0.39 is 39.0 Å². The van der Waals surface area contributed by atoms with Crippen LogP contribution in [0.15, 0.2) is 0 Å². The zero-order valence-corrected chi connectivity index (χ0v) is 8.30. The molecule has 0 aliphatic heterocycles. The SMILES string of the molecule is O=S(=O)(Cl)N(CC(F)(F)F)CC(F)(F)F. The lowest BCUT2D eigenvalue weighted by Crippen LogP contribution is -2.42. The highest BCUT2D eigenvalue weighted by molar-refractivity contribution is 8.11. The van der Waals surface area contributed by atoms with Crippen molar-refractivity contribution >= 4 is 19.9 Å². The summed E-state index contributed by atoms with van der Waals surface area (Å²) < 4.78 is 89.9. The van der Waals surface area contributed by atoms with Crippen LogP contribution in [0.1, 0.15) is 0 Å². The maximum Gasteiger partial charge on any atom is 0.402 e. The fourth-order valence-electron chi connectivity index (χ4n) is 0.610. The van der Waals surface area contributed by atoms with Gasteiger partial charge in [-0.05, 0) is 0 Å². The van der Waals surface area contributed by atoms with Gasteiger partial charge >= 0.3 is 12.4 Å². The average Bonchev–Trinajstić information content (AvgIpc) is 1.75. The second-order valence-corrected chi connectivity index (χ2v) is 4.95. The minimum atomic E-state index is -5.09. The van der Waals surface area contributed by atoms with E-state index in [1.165, 1.54) is 0 Å². The lowest BCUT2D eigenvalue weighted by Gasteiger charge is -2.20. The summed E-state index contributed by atoms with van der Waals surface area (Å²) in [5.41, 5.74) is 0. The van der Waals surface area contributed by atoms with Crippen molar-refractivity contribution in [2.75, 3.05) is 13.1 Å². The molecule has 0 atom stereocenters. The van der Waals surface area contributed by atoms with E-state index in [2.05, 4.69) is 10.7 Å². The fraction of sp³-hybridized carbons (Fsp3) is 1.00. The van der Waals surface area contributed by atoms with E-state index >= 15 is 0 Å². The van der Waals surface area contributed by atoms with Gasteiger partial charge in [0.15, 0.2) is 0 Å². The monoisotopic (exact) mass is 279 g/mol. The molecule has 0 radical (unpaired) electrons. The van der Waals surface area contributed by atoms with Crippen molar-refractivity contribution in [2.24, 2.45) is 0 Å². The average molecular weight is 280 g/mol. The van der Waals surface area contributed by atoms with Gasteiger partial charge in [0, 0.05) is 10.7 Å². The van der Waals surface area contributed by atoms with Gasteiger partial charge in [-0.25, -0.2) is 0 Å². The van der Waals surface area contributed by atoms with E-state index in [1.807, 2.05) is 0 Å². The van der Waals surface area contributed by atoms with Crippen LogP contribution in [0.5, 0.6) is 0 Å². The predicted molar refractivity (Wildman–Crippen MR) is 38.5 cm³/mol. The van der Waals surface area contributed by atoms with Crippen molar-refractivity contribution in [1.82, 2.24) is 4.31 Å². The number of halogens is 7. The zero-order valence-electron chi connectivity index (χ0n) is 6.73. The lowest BCUT2D eigenvalue weighted by atomic mass is 10.5. The minimum absolute atomic E-state index is 0.908. The summed E-state index contributed by atoms with van der Waals surface area (Å²) in [6.07, 6.45) is -10.2. The summed E-state index contributed by atoms with van der Waals surface area (Å²) in [5, 5.41) is 0. The van der Waals surface area contributed by atoms with Gasteiger partial charge in [0.2, 0.25) is 0 Å². The van der Waals surface area contributed by atoms with Gasteiger partial charge in [-0.3, -0.25) is 0 Å². The molecular weight excluding hydrogens is 276 g/mol. The second-order valence-electron chi connectivity index (χ2n) is 2.44. The van der Waals surface area contributed by atoms with Crippen molar-refractivity contribution in [3.8, 4) is 0 Å². The molecule has 0 spiro atoms. The lowest BCUT2D eigenvalue weighted by molar-refractivity contribution is -0.164. The Bertz CT molecular complexity index is 292.